The molecule has 3 heterocycles. The lowest BCUT2D eigenvalue weighted by molar-refractivity contribution is 0.0281. The second kappa shape index (κ2) is 7.24. The number of rotatable bonds is 4. The van der Waals surface area contributed by atoms with Crippen LogP contribution < -0.4 is 29.0 Å². The predicted molar refractivity (Wildman–Crippen MR) is 109 cm³/mol. The Morgan fingerprint density at radius 2 is 1.83 bits per heavy atom. The lowest BCUT2D eigenvalue weighted by Crippen LogP contribution is -2.34. The Labute approximate surface area is 181 Å². The summed E-state index contributed by atoms with van der Waals surface area (Å²) in [5.41, 5.74) is 3.05. The van der Waals surface area contributed by atoms with Crippen LogP contribution in [0.5, 0.6) is 28.7 Å². The van der Waals surface area contributed by atoms with Crippen molar-refractivity contribution in [3.8, 4) is 28.7 Å². The number of ether oxygens (including phenoxy) is 6. The van der Waals surface area contributed by atoms with Crippen molar-refractivity contribution in [2.45, 2.75) is 18.6 Å². The summed E-state index contributed by atoms with van der Waals surface area (Å²) in [6.07, 6.45) is 0.200. The van der Waals surface area contributed by atoms with E-state index in [4.69, 9.17) is 28.4 Å². The Morgan fingerprint density at radius 3 is 2.57 bits per heavy atom. The number of benzene rings is 2. The van der Waals surface area contributed by atoms with Crippen molar-refractivity contribution in [3.63, 3.8) is 0 Å². The Morgan fingerprint density at radius 1 is 1.07 bits per heavy atom. The third kappa shape index (κ3) is 2.58. The number of fused-ring (bicyclic) bond motifs is 3. The molecule has 1 N–H and O–H groups in total. The summed E-state index contributed by atoms with van der Waals surface area (Å²) in [5, 5.41) is 3.49. The highest BCUT2D eigenvalue weighted by atomic mass is 79.9. The standard InChI is InChI=1S/C21H20BrNO7/c1-25-11-5-4-10-13(17(11)26-2)21(24)30-16(10)15-12-9(6-7-23-15)14(22)19-20(18(12)27-3)29-8-28-19/h4-5,15-16,23H,6-8H2,1-3H3/t15-,16+/m1/s1. The van der Waals surface area contributed by atoms with E-state index in [1.54, 1.807) is 13.2 Å². The molecule has 0 aliphatic carbocycles. The van der Waals surface area contributed by atoms with Crippen LogP contribution in [0.2, 0.25) is 0 Å². The lowest BCUT2D eigenvalue weighted by atomic mass is 9.86. The molecule has 2 aromatic rings. The molecule has 30 heavy (non-hydrogen) atoms. The normalized spacial score (nSPS) is 21.0. The van der Waals surface area contributed by atoms with E-state index in [0.717, 1.165) is 27.6 Å². The number of hydrogen-bond donors (Lipinski definition) is 1. The second-order valence-electron chi connectivity index (χ2n) is 7.08. The molecule has 0 spiro atoms. The monoisotopic (exact) mass is 477 g/mol. The van der Waals surface area contributed by atoms with E-state index in [2.05, 4.69) is 21.2 Å². The lowest BCUT2D eigenvalue weighted by Gasteiger charge is -2.33. The van der Waals surface area contributed by atoms with Gasteiger partial charge < -0.3 is 33.7 Å². The van der Waals surface area contributed by atoms with Crippen LogP contribution in [0.1, 0.15) is 39.2 Å². The number of nitrogens with one attached hydrogen (secondary N) is 1. The van der Waals surface area contributed by atoms with Crippen molar-refractivity contribution in [2.24, 2.45) is 0 Å². The zero-order chi connectivity index (χ0) is 21.0. The number of carbonyl (C=O) groups excluding carboxylic acids is 1. The molecular weight excluding hydrogens is 458 g/mol. The SMILES string of the molecule is COc1ccc2c(c1OC)C(=O)O[C@@H]2[C@@H]1NCCc2c(Br)c3c(c(OC)c21)OCO3. The molecule has 158 valence electrons. The fraction of sp³-hybridized carbons (Fsp3) is 0.381. The van der Waals surface area contributed by atoms with E-state index in [1.807, 2.05) is 6.07 Å². The molecule has 0 saturated heterocycles. The zero-order valence-electron chi connectivity index (χ0n) is 16.7. The minimum absolute atomic E-state index is 0.128. The summed E-state index contributed by atoms with van der Waals surface area (Å²) >= 11 is 3.67. The number of halogens is 1. The molecule has 2 atom stereocenters. The molecule has 0 aromatic heterocycles. The van der Waals surface area contributed by atoms with Gasteiger partial charge in [-0.25, -0.2) is 4.79 Å². The average molecular weight is 478 g/mol. The maximum Gasteiger partial charge on any atom is 0.343 e. The zero-order valence-corrected chi connectivity index (χ0v) is 18.3. The molecule has 9 heteroatoms. The molecule has 0 unspecified atom stereocenters. The number of cyclic esters (lactones) is 1. The first-order valence-corrected chi connectivity index (χ1v) is 10.3. The summed E-state index contributed by atoms with van der Waals surface area (Å²) in [6.45, 7) is 0.833. The quantitative estimate of drug-likeness (QED) is 0.671. The van der Waals surface area contributed by atoms with E-state index in [9.17, 15) is 4.79 Å². The Balaban J connectivity index is 1.68. The van der Waals surface area contributed by atoms with E-state index in [-0.39, 0.29) is 12.8 Å². The number of methoxy groups -OCH3 is 3. The number of hydrogen-bond acceptors (Lipinski definition) is 8. The molecule has 0 bridgehead atoms. The summed E-state index contributed by atoms with van der Waals surface area (Å²) in [4.78, 5) is 12.8. The van der Waals surface area contributed by atoms with Crippen LogP contribution in [-0.4, -0.2) is 40.6 Å². The number of esters is 1. The van der Waals surface area contributed by atoms with Crippen molar-refractivity contribution >= 4 is 21.9 Å². The molecule has 5 rings (SSSR count). The van der Waals surface area contributed by atoms with Gasteiger partial charge >= 0.3 is 5.97 Å². The van der Waals surface area contributed by atoms with Gasteiger partial charge in [0, 0.05) is 11.1 Å². The minimum Gasteiger partial charge on any atom is -0.493 e. The summed E-state index contributed by atoms with van der Waals surface area (Å²) in [5.74, 6) is 2.18. The average Bonchev–Trinajstić information content (AvgIpc) is 3.38. The van der Waals surface area contributed by atoms with Gasteiger partial charge in [0.25, 0.3) is 0 Å². The minimum atomic E-state index is -0.562. The molecule has 0 amide bonds. The predicted octanol–water partition coefficient (Wildman–Crippen LogP) is 3.30. The van der Waals surface area contributed by atoms with Crippen LogP contribution in [0.3, 0.4) is 0 Å². The van der Waals surface area contributed by atoms with Gasteiger partial charge in [-0.1, -0.05) is 6.07 Å². The topological polar surface area (TPSA) is 84.5 Å². The molecule has 3 aliphatic rings. The summed E-state index contributed by atoms with van der Waals surface area (Å²) in [6, 6.07) is 3.29. The van der Waals surface area contributed by atoms with Gasteiger partial charge in [-0.15, -0.1) is 0 Å². The van der Waals surface area contributed by atoms with Crippen LogP contribution >= 0.6 is 15.9 Å². The van der Waals surface area contributed by atoms with E-state index in [1.165, 1.54) is 14.2 Å². The third-order valence-electron chi connectivity index (χ3n) is 5.73. The van der Waals surface area contributed by atoms with Crippen LogP contribution in [0.15, 0.2) is 16.6 Å². The molecule has 0 fully saturated rings. The molecule has 0 saturated carbocycles. The highest BCUT2D eigenvalue weighted by Crippen LogP contribution is 2.56. The van der Waals surface area contributed by atoms with Crippen LogP contribution in [0.4, 0.5) is 0 Å². The first-order chi connectivity index (χ1) is 14.6. The molecule has 3 aliphatic heterocycles. The highest BCUT2D eigenvalue weighted by Gasteiger charge is 2.45. The third-order valence-corrected chi connectivity index (χ3v) is 6.57. The summed E-state index contributed by atoms with van der Waals surface area (Å²) in [7, 11) is 4.64. The van der Waals surface area contributed by atoms with Gasteiger partial charge in [0.15, 0.2) is 23.0 Å². The second-order valence-corrected chi connectivity index (χ2v) is 7.87. The fourth-order valence-electron chi connectivity index (χ4n) is 4.49. The van der Waals surface area contributed by atoms with Crippen LogP contribution in [0.25, 0.3) is 0 Å². The van der Waals surface area contributed by atoms with Crippen molar-refractivity contribution in [3.05, 3.63) is 38.9 Å². The smallest absolute Gasteiger partial charge is 0.343 e. The fourth-order valence-corrected chi connectivity index (χ4v) is 5.20. The van der Waals surface area contributed by atoms with Crippen molar-refractivity contribution in [1.29, 1.82) is 0 Å². The maximum atomic E-state index is 12.8. The van der Waals surface area contributed by atoms with E-state index >= 15 is 0 Å². The Kier molecular flexibility index (Phi) is 4.67. The number of carbonyl (C=O) groups is 1. The van der Waals surface area contributed by atoms with Crippen molar-refractivity contribution in [1.82, 2.24) is 5.32 Å². The van der Waals surface area contributed by atoms with Gasteiger partial charge in [0.2, 0.25) is 12.5 Å². The molecule has 8 nitrogen and oxygen atoms in total. The van der Waals surface area contributed by atoms with Crippen molar-refractivity contribution in [2.75, 3.05) is 34.7 Å². The highest BCUT2D eigenvalue weighted by molar-refractivity contribution is 9.10. The molecular formula is C21H20BrNO7. The molecule has 2 aromatic carbocycles. The first kappa shape index (κ1) is 19.3. The van der Waals surface area contributed by atoms with Crippen LogP contribution in [-0.2, 0) is 11.2 Å². The largest absolute Gasteiger partial charge is 0.493 e. The van der Waals surface area contributed by atoms with Gasteiger partial charge in [-0.2, -0.15) is 0 Å². The van der Waals surface area contributed by atoms with E-state index < -0.39 is 12.1 Å². The van der Waals surface area contributed by atoms with Gasteiger partial charge in [0.05, 0.1) is 31.8 Å². The Hall–Kier alpha value is -2.65. The van der Waals surface area contributed by atoms with E-state index in [0.29, 0.717) is 40.9 Å². The first-order valence-electron chi connectivity index (χ1n) is 9.47. The Bertz CT molecular complexity index is 1050. The maximum absolute atomic E-state index is 12.8. The molecule has 0 radical (unpaired) electrons. The van der Waals surface area contributed by atoms with Crippen molar-refractivity contribution < 1.29 is 33.2 Å². The van der Waals surface area contributed by atoms with Gasteiger partial charge in [0.1, 0.15) is 11.7 Å². The van der Waals surface area contributed by atoms with Gasteiger partial charge in [-0.05, 0) is 40.5 Å². The van der Waals surface area contributed by atoms with Gasteiger partial charge in [-0.3, -0.25) is 0 Å². The van der Waals surface area contributed by atoms with Crippen LogP contribution in [0, 0.1) is 0 Å². The summed E-state index contributed by atoms with van der Waals surface area (Å²) < 4.78 is 34.6.